The van der Waals surface area contributed by atoms with Gasteiger partial charge in [0.2, 0.25) is 0 Å². The lowest BCUT2D eigenvalue weighted by atomic mass is 10.4. The number of nitrogens with one attached hydrogen (secondary N) is 2. The van der Waals surface area contributed by atoms with Crippen LogP contribution in [-0.2, 0) is 0 Å². The molecule has 0 aromatic rings. The highest BCUT2D eigenvalue weighted by Crippen LogP contribution is 1.74. The maximum Gasteiger partial charge on any atom is 0.314 e. The molecule has 0 spiro atoms. The molecule has 0 saturated carbocycles. The molecule has 2 amide bonds. The van der Waals surface area contributed by atoms with Gasteiger partial charge in [-0.3, -0.25) is 0 Å². The van der Waals surface area contributed by atoms with Crippen molar-refractivity contribution in [2.24, 2.45) is 0 Å². The van der Waals surface area contributed by atoms with Gasteiger partial charge in [0.05, 0.1) is 0 Å². The molecule has 3 heteroatoms. The Bertz CT molecular complexity index is 112. The third-order valence-electron chi connectivity index (χ3n) is 0.971. The largest absolute Gasteiger partial charge is 0.338 e. The van der Waals surface area contributed by atoms with E-state index in [2.05, 4.69) is 17.2 Å². The second-order valence-corrected chi connectivity index (χ2v) is 1.86. The second-order valence-electron chi connectivity index (χ2n) is 1.86. The number of hydrogen-bond acceptors (Lipinski definition) is 1. The quantitative estimate of drug-likeness (QED) is 0.444. The Balaban J connectivity index is 3.13. The van der Waals surface area contributed by atoms with E-state index in [0.29, 0.717) is 13.1 Å². The summed E-state index contributed by atoms with van der Waals surface area (Å²) in [7, 11) is 0. The van der Waals surface area contributed by atoms with Crippen LogP contribution in [0, 0.1) is 0 Å². The smallest absolute Gasteiger partial charge is 0.314 e. The van der Waals surface area contributed by atoms with Crippen LogP contribution in [0.15, 0.2) is 12.7 Å². The second kappa shape index (κ2) is 6.13. The summed E-state index contributed by atoms with van der Waals surface area (Å²) >= 11 is 0. The maximum absolute atomic E-state index is 10.7. The number of carbonyl (C=O) groups is 1. The molecule has 58 valence electrons. The van der Waals surface area contributed by atoms with Crippen LogP contribution in [0.5, 0.6) is 0 Å². The molecule has 0 aliphatic rings. The van der Waals surface area contributed by atoms with Crippen molar-refractivity contribution in [2.75, 3.05) is 13.1 Å². The van der Waals surface area contributed by atoms with E-state index < -0.39 is 0 Å². The number of urea groups is 1. The van der Waals surface area contributed by atoms with Crippen molar-refractivity contribution < 1.29 is 4.79 Å². The molecule has 0 aliphatic heterocycles. The molecule has 0 atom stereocenters. The van der Waals surface area contributed by atoms with E-state index in [-0.39, 0.29) is 6.03 Å². The van der Waals surface area contributed by atoms with Gasteiger partial charge in [0.1, 0.15) is 0 Å². The Labute approximate surface area is 61.5 Å². The van der Waals surface area contributed by atoms with Crippen LogP contribution in [0.4, 0.5) is 4.79 Å². The fourth-order valence-electron chi connectivity index (χ4n) is 0.511. The van der Waals surface area contributed by atoms with Gasteiger partial charge in [-0.25, -0.2) is 4.79 Å². The molecule has 0 bridgehead atoms. The number of rotatable bonds is 4. The number of hydrogen-bond donors (Lipinski definition) is 2. The van der Waals surface area contributed by atoms with Crippen molar-refractivity contribution in [2.45, 2.75) is 13.3 Å². The summed E-state index contributed by atoms with van der Waals surface area (Å²) in [6.07, 6.45) is 2.59. The van der Waals surface area contributed by atoms with Crippen molar-refractivity contribution in [3.63, 3.8) is 0 Å². The van der Waals surface area contributed by atoms with Gasteiger partial charge >= 0.3 is 6.03 Å². The minimum Gasteiger partial charge on any atom is -0.338 e. The highest BCUT2D eigenvalue weighted by atomic mass is 16.2. The van der Waals surface area contributed by atoms with Gasteiger partial charge in [-0.1, -0.05) is 6.08 Å². The Morgan fingerprint density at radius 3 is 2.80 bits per heavy atom. The Kier molecular flexibility index (Phi) is 5.53. The monoisotopic (exact) mass is 142 g/mol. The van der Waals surface area contributed by atoms with Crippen molar-refractivity contribution in [3.05, 3.63) is 12.7 Å². The zero-order valence-corrected chi connectivity index (χ0v) is 6.31. The molecule has 0 aliphatic carbocycles. The van der Waals surface area contributed by atoms with E-state index in [1.807, 2.05) is 6.92 Å². The van der Waals surface area contributed by atoms with Gasteiger partial charge in [-0.2, -0.15) is 0 Å². The molecule has 0 aromatic heterocycles. The van der Waals surface area contributed by atoms with Crippen LogP contribution in [0.1, 0.15) is 13.3 Å². The number of carbonyl (C=O) groups excluding carboxylic acids is 1. The lowest BCUT2D eigenvalue weighted by Gasteiger charge is -2.02. The summed E-state index contributed by atoms with van der Waals surface area (Å²) in [4.78, 5) is 10.7. The first kappa shape index (κ1) is 9.01. The van der Waals surface area contributed by atoms with E-state index >= 15 is 0 Å². The van der Waals surface area contributed by atoms with Crippen LogP contribution < -0.4 is 10.6 Å². The molecule has 0 aromatic carbocycles. The van der Waals surface area contributed by atoms with Crippen LogP contribution in [0.3, 0.4) is 0 Å². The first-order valence-corrected chi connectivity index (χ1v) is 3.43. The lowest BCUT2D eigenvalue weighted by Crippen LogP contribution is -2.35. The standard InChI is InChI=1S/C7H14N2O/c1-3-5-6-9-7(10)8-4-2/h3H,1,4-6H2,2H3,(H2,8,9,10). The van der Waals surface area contributed by atoms with E-state index in [0.717, 1.165) is 6.42 Å². The van der Waals surface area contributed by atoms with Crippen molar-refractivity contribution in [1.29, 1.82) is 0 Å². The third kappa shape index (κ3) is 5.15. The maximum atomic E-state index is 10.7. The first-order valence-electron chi connectivity index (χ1n) is 3.43. The van der Waals surface area contributed by atoms with Gasteiger partial charge in [0, 0.05) is 13.1 Å². The van der Waals surface area contributed by atoms with Gasteiger partial charge in [0.15, 0.2) is 0 Å². The SMILES string of the molecule is C=CCCNC(=O)NCC. The predicted molar refractivity (Wildman–Crippen MR) is 41.9 cm³/mol. The Morgan fingerprint density at radius 1 is 1.60 bits per heavy atom. The topological polar surface area (TPSA) is 41.1 Å². The minimum absolute atomic E-state index is 0.107. The summed E-state index contributed by atoms with van der Waals surface area (Å²) in [5.74, 6) is 0. The first-order chi connectivity index (χ1) is 4.81. The van der Waals surface area contributed by atoms with E-state index in [9.17, 15) is 4.79 Å². The fourth-order valence-corrected chi connectivity index (χ4v) is 0.511. The third-order valence-corrected chi connectivity index (χ3v) is 0.971. The highest BCUT2D eigenvalue weighted by molar-refractivity contribution is 5.73. The molecule has 0 unspecified atom stereocenters. The molecule has 0 radical (unpaired) electrons. The molecule has 0 saturated heterocycles. The molecular weight excluding hydrogens is 128 g/mol. The van der Waals surface area contributed by atoms with Gasteiger partial charge in [-0.15, -0.1) is 6.58 Å². The summed E-state index contributed by atoms with van der Waals surface area (Å²) in [5, 5.41) is 5.28. The molecule has 10 heavy (non-hydrogen) atoms. The van der Waals surface area contributed by atoms with Gasteiger partial charge in [-0.05, 0) is 13.3 Å². The predicted octanol–water partition coefficient (Wildman–Crippen LogP) is 0.882. The van der Waals surface area contributed by atoms with Crippen LogP contribution in [0.2, 0.25) is 0 Å². The number of amides is 2. The van der Waals surface area contributed by atoms with Crippen molar-refractivity contribution in [1.82, 2.24) is 10.6 Å². The molecule has 0 fully saturated rings. The summed E-state index contributed by atoms with van der Waals surface area (Å²) < 4.78 is 0. The van der Waals surface area contributed by atoms with Gasteiger partial charge in [0.25, 0.3) is 0 Å². The fraction of sp³-hybridized carbons (Fsp3) is 0.571. The molecule has 2 N–H and O–H groups in total. The van der Waals surface area contributed by atoms with Crippen LogP contribution in [0.25, 0.3) is 0 Å². The zero-order chi connectivity index (χ0) is 7.82. The van der Waals surface area contributed by atoms with Crippen molar-refractivity contribution in [3.8, 4) is 0 Å². The normalized spacial score (nSPS) is 8.50. The van der Waals surface area contributed by atoms with E-state index in [4.69, 9.17) is 0 Å². The summed E-state index contributed by atoms with van der Waals surface area (Å²) in [6, 6.07) is -0.107. The van der Waals surface area contributed by atoms with E-state index in [1.54, 1.807) is 6.08 Å². The molecule has 0 rings (SSSR count). The van der Waals surface area contributed by atoms with E-state index in [1.165, 1.54) is 0 Å². The Morgan fingerprint density at radius 2 is 2.30 bits per heavy atom. The zero-order valence-electron chi connectivity index (χ0n) is 6.31. The summed E-state index contributed by atoms with van der Waals surface area (Å²) in [6.45, 7) is 6.74. The molecular formula is C7H14N2O. The summed E-state index contributed by atoms with van der Waals surface area (Å²) in [5.41, 5.74) is 0. The Hall–Kier alpha value is -0.990. The lowest BCUT2D eigenvalue weighted by molar-refractivity contribution is 0.241. The minimum atomic E-state index is -0.107. The average molecular weight is 142 g/mol. The van der Waals surface area contributed by atoms with Crippen LogP contribution >= 0.6 is 0 Å². The average Bonchev–Trinajstić information content (AvgIpc) is 1.89. The van der Waals surface area contributed by atoms with Gasteiger partial charge < -0.3 is 10.6 Å². The van der Waals surface area contributed by atoms with Crippen molar-refractivity contribution >= 4 is 6.03 Å². The highest BCUT2D eigenvalue weighted by Gasteiger charge is 1.92. The molecule has 3 nitrogen and oxygen atoms in total. The van der Waals surface area contributed by atoms with Crippen LogP contribution in [-0.4, -0.2) is 19.1 Å². The molecule has 0 heterocycles.